The van der Waals surface area contributed by atoms with E-state index in [-0.39, 0.29) is 0 Å². The molecule has 1 N–H and O–H groups in total. The number of hydrogen-bond donors (Lipinski definition) is 1. The van der Waals surface area contributed by atoms with Crippen molar-refractivity contribution >= 4 is 11.8 Å². The first-order chi connectivity index (χ1) is 7.74. The summed E-state index contributed by atoms with van der Waals surface area (Å²) in [5.41, 5.74) is 0. The lowest BCUT2D eigenvalue weighted by Crippen LogP contribution is -2.20. The third-order valence-corrected chi connectivity index (χ3v) is 3.17. The van der Waals surface area contributed by atoms with Crippen molar-refractivity contribution in [3.8, 4) is 0 Å². The number of rotatable bonds is 8. The Hall–Kier alpha value is -0.620. The Morgan fingerprint density at radius 1 is 1.44 bits per heavy atom. The van der Waals surface area contributed by atoms with Gasteiger partial charge in [-0.25, -0.2) is 4.68 Å². The molecule has 5 nitrogen and oxygen atoms in total. The van der Waals surface area contributed by atoms with Crippen molar-refractivity contribution in [2.45, 2.75) is 38.9 Å². The first-order valence-electron chi connectivity index (χ1n) is 5.83. The second-order valence-corrected chi connectivity index (χ2v) is 5.13. The molecule has 1 rings (SSSR count). The lowest BCUT2D eigenvalue weighted by atomic mass is 10.2. The quantitative estimate of drug-likeness (QED) is 0.553. The molecule has 0 saturated carbocycles. The van der Waals surface area contributed by atoms with Crippen LogP contribution >= 0.6 is 11.8 Å². The summed E-state index contributed by atoms with van der Waals surface area (Å²) in [4.78, 5) is 0. The number of tetrazole rings is 1. The minimum atomic E-state index is 0.735. The molecule has 0 radical (unpaired) electrons. The fourth-order valence-corrected chi connectivity index (χ4v) is 2.33. The predicted molar refractivity (Wildman–Crippen MR) is 66.5 cm³/mol. The Labute approximate surface area is 101 Å². The van der Waals surface area contributed by atoms with E-state index in [0.717, 1.165) is 36.5 Å². The van der Waals surface area contributed by atoms with Crippen LogP contribution in [0.25, 0.3) is 0 Å². The first-order valence-corrected chi connectivity index (χ1v) is 6.82. The minimum absolute atomic E-state index is 0.735. The van der Waals surface area contributed by atoms with Crippen LogP contribution in [0.4, 0.5) is 0 Å². The number of nitrogens with zero attached hydrogens (tertiary/aromatic N) is 4. The second kappa shape index (κ2) is 7.62. The number of thioether (sulfide) groups is 1. The summed E-state index contributed by atoms with van der Waals surface area (Å²) in [6.45, 7) is 9.30. The lowest BCUT2D eigenvalue weighted by Gasteiger charge is -2.05. The summed E-state index contributed by atoms with van der Waals surface area (Å²) in [5.74, 6) is 1.82. The molecule has 0 atom stereocenters. The van der Waals surface area contributed by atoms with E-state index in [1.165, 1.54) is 6.42 Å². The molecular formula is C10H21N5S. The fraction of sp³-hybridized carbons (Fsp3) is 0.900. The van der Waals surface area contributed by atoms with Crippen molar-refractivity contribution in [1.29, 1.82) is 0 Å². The zero-order valence-corrected chi connectivity index (χ0v) is 11.1. The van der Waals surface area contributed by atoms with Crippen LogP contribution in [0.5, 0.6) is 0 Å². The van der Waals surface area contributed by atoms with E-state index >= 15 is 0 Å². The van der Waals surface area contributed by atoms with Crippen LogP contribution in [0, 0.1) is 5.92 Å². The van der Waals surface area contributed by atoms with E-state index in [2.05, 4.69) is 41.6 Å². The van der Waals surface area contributed by atoms with Gasteiger partial charge in [-0.2, -0.15) is 0 Å². The van der Waals surface area contributed by atoms with Gasteiger partial charge in [-0.1, -0.05) is 32.5 Å². The highest BCUT2D eigenvalue weighted by Gasteiger charge is 2.06. The summed E-state index contributed by atoms with van der Waals surface area (Å²) in [6, 6.07) is 0. The molecule has 0 fully saturated rings. The zero-order chi connectivity index (χ0) is 11.8. The third-order valence-electron chi connectivity index (χ3n) is 2.18. The molecule has 1 aromatic heterocycles. The van der Waals surface area contributed by atoms with E-state index in [9.17, 15) is 0 Å². The molecule has 16 heavy (non-hydrogen) atoms. The topological polar surface area (TPSA) is 55.6 Å². The summed E-state index contributed by atoms with van der Waals surface area (Å²) >= 11 is 1.74. The maximum atomic E-state index is 4.03. The monoisotopic (exact) mass is 243 g/mol. The molecule has 0 spiro atoms. The summed E-state index contributed by atoms with van der Waals surface area (Å²) in [6.07, 6.45) is 1.20. The molecule has 92 valence electrons. The van der Waals surface area contributed by atoms with Gasteiger partial charge in [-0.3, -0.25) is 0 Å². The first kappa shape index (κ1) is 13.4. The van der Waals surface area contributed by atoms with E-state index in [4.69, 9.17) is 0 Å². The lowest BCUT2D eigenvalue weighted by molar-refractivity contribution is 0.517. The third kappa shape index (κ3) is 4.94. The van der Waals surface area contributed by atoms with E-state index < -0.39 is 0 Å². The van der Waals surface area contributed by atoms with Crippen molar-refractivity contribution in [1.82, 2.24) is 25.5 Å². The van der Waals surface area contributed by atoms with Gasteiger partial charge in [-0.05, 0) is 29.3 Å². The van der Waals surface area contributed by atoms with E-state index in [0.29, 0.717) is 0 Å². The van der Waals surface area contributed by atoms with Gasteiger partial charge in [0, 0.05) is 12.3 Å². The van der Waals surface area contributed by atoms with E-state index in [1.54, 1.807) is 11.8 Å². The highest BCUT2D eigenvalue weighted by atomic mass is 32.2. The van der Waals surface area contributed by atoms with Crippen LogP contribution < -0.4 is 5.32 Å². The number of likely N-dealkylation sites (N-methyl/N-ethyl adjacent to an activating group) is 1. The molecule has 0 aliphatic carbocycles. The van der Waals surface area contributed by atoms with Gasteiger partial charge in [0.2, 0.25) is 5.16 Å². The number of hydrogen-bond acceptors (Lipinski definition) is 5. The molecule has 6 heteroatoms. The Kier molecular flexibility index (Phi) is 6.40. The molecular weight excluding hydrogens is 222 g/mol. The highest BCUT2D eigenvalue weighted by molar-refractivity contribution is 7.99. The summed E-state index contributed by atoms with van der Waals surface area (Å²) in [5, 5.41) is 15.9. The molecule has 0 saturated heterocycles. The average Bonchev–Trinajstić information content (AvgIpc) is 2.66. The smallest absolute Gasteiger partial charge is 0.209 e. The molecule has 1 heterocycles. The molecule has 1 aromatic rings. The Bertz CT molecular complexity index is 286. The van der Waals surface area contributed by atoms with Gasteiger partial charge >= 0.3 is 0 Å². The van der Waals surface area contributed by atoms with Crippen LogP contribution in [0.1, 0.15) is 27.2 Å². The van der Waals surface area contributed by atoms with Crippen molar-refractivity contribution in [3.05, 3.63) is 0 Å². The van der Waals surface area contributed by atoms with Crippen molar-refractivity contribution < 1.29 is 0 Å². The number of nitrogens with one attached hydrogen (secondary N) is 1. The zero-order valence-electron chi connectivity index (χ0n) is 10.3. The Morgan fingerprint density at radius 2 is 2.25 bits per heavy atom. The SMILES string of the molecule is CCNCCn1nnnc1SCCC(C)C. The normalized spacial score (nSPS) is 11.2. The van der Waals surface area contributed by atoms with Gasteiger partial charge in [0.05, 0.1) is 6.54 Å². The molecule has 0 aliphatic heterocycles. The summed E-state index contributed by atoms with van der Waals surface area (Å²) in [7, 11) is 0. The standard InChI is InChI=1S/C10H21N5S/c1-4-11-6-7-15-10(12-13-14-15)16-8-5-9(2)3/h9,11H,4-8H2,1-3H3. The maximum absolute atomic E-state index is 4.03. The maximum Gasteiger partial charge on any atom is 0.209 e. The molecule has 0 aliphatic rings. The Morgan fingerprint density at radius 3 is 2.94 bits per heavy atom. The van der Waals surface area contributed by atoms with Gasteiger partial charge in [0.1, 0.15) is 0 Å². The van der Waals surface area contributed by atoms with Crippen LogP contribution in [0.2, 0.25) is 0 Å². The number of aromatic nitrogens is 4. The molecule has 0 unspecified atom stereocenters. The van der Waals surface area contributed by atoms with Crippen LogP contribution in [0.3, 0.4) is 0 Å². The van der Waals surface area contributed by atoms with Crippen LogP contribution in [-0.2, 0) is 6.54 Å². The molecule has 0 bridgehead atoms. The van der Waals surface area contributed by atoms with Gasteiger partial charge in [-0.15, -0.1) is 5.10 Å². The molecule has 0 amide bonds. The van der Waals surface area contributed by atoms with E-state index in [1.807, 2.05) is 4.68 Å². The van der Waals surface area contributed by atoms with Crippen LogP contribution in [0.15, 0.2) is 5.16 Å². The van der Waals surface area contributed by atoms with Crippen LogP contribution in [-0.4, -0.2) is 39.0 Å². The minimum Gasteiger partial charge on any atom is -0.315 e. The Balaban J connectivity index is 2.32. The van der Waals surface area contributed by atoms with Gasteiger partial charge in [0.15, 0.2) is 0 Å². The molecule has 0 aromatic carbocycles. The van der Waals surface area contributed by atoms with Crippen molar-refractivity contribution in [2.75, 3.05) is 18.8 Å². The highest BCUT2D eigenvalue weighted by Crippen LogP contribution is 2.16. The van der Waals surface area contributed by atoms with Gasteiger partial charge in [0.25, 0.3) is 0 Å². The van der Waals surface area contributed by atoms with Gasteiger partial charge < -0.3 is 5.32 Å². The van der Waals surface area contributed by atoms with Crippen molar-refractivity contribution in [3.63, 3.8) is 0 Å². The predicted octanol–water partition coefficient (Wildman–Crippen LogP) is 1.42. The fourth-order valence-electron chi connectivity index (χ4n) is 1.19. The second-order valence-electron chi connectivity index (χ2n) is 4.07. The largest absolute Gasteiger partial charge is 0.315 e. The average molecular weight is 243 g/mol. The summed E-state index contributed by atoms with van der Waals surface area (Å²) < 4.78 is 1.87. The van der Waals surface area contributed by atoms with Crippen molar-refractivity contribution in [2.24, 2.45) is 5.92 Å².